The smallest absolute Gasteiger partial charge is 0.270 e. The van der Waals surface area contributed by atoms with Gasteiger partial charge in [0.1, 0.15) is 12.4 Å². The molecule has 1 aliphatic heterocycles. The van der Waals surface area contributed by atoms with Gasteiger partial charge in [-0.15, -0.1) is 11.3 Å². The minimum Gasteiger partial charge on any atom is -0.379 e. The summed E-state index contributed by atoms with van der Waals surface area (Å²) in [6.45, 7) is 3.86. The maximum atomic E-state index is 13.6. The number of halogens is 1. The van der Waals surface area contributed by atoms with Crippen LogP contribution in [-0.2, 0) is 22.6 Å². The Bertz CT molecular complexity index is 1230. The number of rotatable bonds is 11. The standard InChI is InChI=1S/C27H29FN4O5S/c28-23-8-6-21(7-9-23)18-31(19-25-5-2-16-38-25)26(33)20-30(11-10-29-12-14-37-15-13-29)27(34)22-3-1-4-24(17-22)32(35)36/h1-9,16-17H,10-15,18-20H2. The van der Waals surface area contributed by atoms with Crippen molar-refractivity contribution in [3.8, 4) is 0 Å². The van der Waals surface area contributed by atoms with E-state index in [0.717, 1.165) is 23.5 Å². The lowest BCUT2D eigenvalue weighted by molar-refractivity contribution is -0.384. The van der Waals surface area contributed by atoms with Gasteiger partial charge in [0.05, 0.1) is 24.7 Å². The lowest BCUT2D eigenvalue weighted by Gasteiger charge is -2.31. The third-order valence-corrected chi connectivity index (χ3v) is 7.13. The first-order valence-corrected chi connectivity index (χ1v) is 13.2. The van der Waals surface area contributed by atoms with Gasteiger partial charge in [0.2, 0.25) is 5.91 Å². The van der Waals surface area contributed by atoms with Gasteiger partial charge in [-0.3, -0.25) is 24.6 Å². The quantitative estimate of drug-likeness (QED) is 0.271. The maximum Gasteiger partial charge on any atom is 0.270 e. The third-order valence-electron chi connectivity index (χ3n) is 6.27. The largest absolute Gasteiger partial charge is 0.379 e. The molecule has 0 bridgehead atoms. The van der Waals surface area contributed by atoms with Crippen molar-refractivity contribution >= 4 is 28.8 Å². The number of hydrogen-bond acceptors (Lipinski definition) is 7. The number of benzene rings is 2. The van der Waals surface area contributed by atoms with Crippen molar-refractivity contribution in [2.24, 2.45) is 0 Å². The Morgan fingerprint density at radius 3 is 2.47 bits per heavy atom. The van der Waals surface area contributed by atoms with Crippen LogP contribution in [0, 0.1) is 15.9 Å². The topological polar surface area (TPSA) is 96.2 Å². The van der Waals surface area contributed by atoms with Crippen LogP contribution in [0.15, 0.2) is 66.0 Å². The summed E-state index contributed by atoms with van der Waals surface area (Å²) in [5, 5.41) is 13.2. The molecule has 1 saturated heterocycles. The zero-order valence-corrected chi connectivity index (χ0v) is 21.6. The summed E-state index contributed by atoms with van der Waals surface area (Å²) >= 11 is 1.52. The fourth-order valence-electron chi connectivity index (χ4n) is 4.17. The number of ether oxygens (including phenoxy) is 1. The highest BCUT2D eigenvalue weighted by atomic mass is 32.1. The molecule has 3 aromatic rings. The zero-order valence-electron chi connectivity index (χ0n) is 20.8. The average molecular weight is 541 g/mol. The number of amides is 2. The van der Waals surface area contributed by atoms with Gasteiger partial charge in [0.25, 0.3) is 11.6 Å². The van der Waals surface area contributed by atoms with Crippen molar-refractivity contribution in [3.05, 3.63) is 98.0 Å². The number of hydrogen-bond donors (Lipinski definition) is 0. The maximum absolute atomic E-state index is 13.6. The molecule has 0 saturated carbocycles. The lowest BCUT2D eigenvalue weighted by Crippen LogP contribution is -2.47. The second-order valence-corrected chi connectivity index (χ2v) is 9.98. The molecule has 200 valence electrons. The van der Waals surface area contributed by atoms with E-state index in [1.807, 2.05) is 17.5 Å². The SMILES string of the molecule is O=C(CN(CCN1CCOCC1)C(=O)c1cccc([N+](=O)[O-])c1)N(Cc1ccc(F)cc1)Cc1cccs1. The summed E-state index contributed by atoms with van der Waals surface area (Å²) < 4.78 is 18.8. The summed E-state index contributed by atoms with van der Waals surface area (Å²) in [6.07, 6.45) is 0. The molecule has 2 aromatic carbocycles. The van der Waals surface area contributed by atoms with Gasteiger partial charge < -0.3 is 14.5 Å². The van der Waals surface area contributed by atoms with Crippen LogP contribution in [0.3, 0.4) is 0 Å². The number of morpholine rings is 1. The van der Waals surface area contributed by atoms with E-state index in [1.165, 1.54) is 52.6 Å². The highest BCUT2D eigenvalue weighted by Crippen LogP contribution is 2.18. The first-order chi connectivity index (χ1) is 18.4. The number of carbonyl (C=O) groups excluding carboxylic acids is 2. The summed E-state index contributed by atoms with van der Waals surface area (Å²) in [5.41, 5.74) is 0.726. The van der Waals surface area contributed by atoms with Gasteiger partial charge in [0.15, 0.2) is 0 Å². The highest BCUT2D eigenvalue weighted by Gasteiger charge is 2.25. The minimum atomic E-state index is -0.550. The van der Waals surface area contributed by atoms with E-state index >= 15 is 0 Å². The molecule has 4 rings (SSSR count). The highest BCUT2D eigenvalue weighted by molar-refractivity contribution is 7.09. The molecule has 2 heterocycles. The van der Waals surface area contributed by atoms with Gasteiger partial charge in [0, 0.05) is 55.3 Å². The molecule has 0 aliphatic carbocycles. The van der Waals surface area contributed by atoms with E-state index in [1.54, 1.807) is 17.0 Å². The molecule has 1 aliphatic rings. The average Bonchev–Trinajstić information content (AvgIpc) is 3.45. The number of nitro groups is 1. The zero-order chi connectivity index (χ0) is 26.9. The van der Waals surface area contributed by atoms with E-state index in [-0.39, 0.29) is 42.6 Å². The van der Waals surface area contributed by atoms with Crippen LogP contribution < -0.4 is 0 Å². The molecule has 0 unspecified atom stereocenters. The molecule has 0 radical (unpaired) electrons. The van der Waals surface area contributed by atoms with Crippen molar-refractivity contribution in [2.75, 3.05) is 45.9 Å². The fourth-order valence-corrected chi connectivity index (χ4v) is 4.89. The van der Waals surface area contributed by atoms with E-state index in [2.05, 4.69) is 4.90 Å². The number of nitrogens with zero attached hydrogens (tertiary/aromatic N) is 4. The van der Waals surface area contributed by atoms with Crippen molar-refractivity contribution < 1.29 is 23.6 Å². The second kappa shape index (κ2) is 13.2. The Kier molecular flexibility index (Phi) is 9.52. The molecule has 1 fully saturated rings. The van der Waals surface area contributed by atoms with E-state index in [9.17, 15) is 24.1 Å². The predicted molar refractivity (Wildman–Crippen MR) is 141 cm³/mol. The van der Waals surface area contributed by atoms with Crippen LogP contribution in [0.4, 0.5) is 10.1 Å². The molecule has 1 aromatic heterocycles. The van der Waals surface area contributed by atoms with Gasteiger partial charge in [-0.1, -0.05) is 24.3 Å². The molecule has 0 spiro atoms. The van der Waals surface area contributed by atoms with Gasteiger partial charge in [-0.25, -0.2) is 4.39 Å². The fraction of sp³-hybridized carbons (Fsp3) is 0.333. The number of carbonyl (C=O) groups is 2. The molecule has 0 atom stereocenters. The Hall–Kier alpha value is -3.67. The monoisotopic (exact) mass is 540 g/mol. The van der Waals surface area contributed by atoms with Crippen molar-refractivity contribution in [3.63, 3.8) is 0 Å². The molecule has 38 heavy (non-hydrogen) atoms. The Morgan fingerprint density at radius 2 is 1.79 bits per heavy atom. The number of nitro benzene ring substituents is 1. The van der Waals surface area contributed by atoms with Crippen LogP contribution in [0.2, 0.25) is 0 Å². The van der Waals surface area contributed by atoms with Crippen LogP contribution >= 0.6 is 11.3 Å². The molecule has 9 nitrogen and oxygen atoms in total. The van der Waals surface area contributed by atoms with Gasteiger partial charge in [-0.2, -0.15) is 0 Å². The Labute approximate surface area is 224 Å². The van der Waals surface area contributed by atoms with E-state index in [0.29, 0.717) is 26.3 Å². The Morgan fingerprint density at radius 1 is 1.03 bits per heavy atom. The van der Waals surface area contributed by atoms with Crippen LogP contribution in [0.1, 0.15) is 20.8 Å². The number of non-ortho nitro benzene ring substituents is 1. The third kappa shape index (κ3) is 7.67. The summed E-state index contributed by atoms with van der Waals surface area (Å²) in [6, 6.07) is 15.3. The van der Waals surface area contributed by atoms with Crippen LogP contribution in [0.25, 0.3) is 0 Å². The van der Waals surface area contributed by atoms with E-state index < -0.39 is 10.8 Å². The molecule has 11 heteroatoms. The summed E-state index contributed by atoms with van der Waals surface area (Å²) in [5.74, 6) is -1.08. The molecular weight excluding hydrogens is 511 g/mol. The van der Waals surface area contributed by atoms with E-state index in [4.69, 9.17) is 4.74 Å². The number of thiophene rings is 1. The van der Waals surface area contributed by atoms with Crippen LogP contribution in [-0.4, -0.2) is 77.4 Å². The van der Waals surface area contributed by atoms with Crippen molar-refractivity contribution in [2.45, 2.75) is 13.1 Å². The molecule has 2 amide bonds. The Balaban J connectivity index is 1.55. The van der Waals surface area contributed by atoms with Crippen LogP contribution in [0.5, 0.6) is 0 Å². The summed E-state index contributed by atoms with van der Waals surface area (Å²) in [7, 11) is 0. The molecular formula is C27H29FN4O5S. The molecule has 0 N–H and O–H groups in total. The van der Waals surface area contributed by atoms with Gasteiger partial charge >= 0.3 is 0 Å². The first-order valence-electron chi connectivity index (χ1n) is 12.3. The van der Waals surface area contributed by atoms with Gasteiger partial charge in [-0.05, 0) is 35.2 Å². The minimum absolute atomic E-state index is 0.150. The van der Waals surface area contributed by atoms with Crippen molar-refractivity contribution in [1.82, 2.24) is 14.7 Å². The second-order valence-electron chi connectivity index (χ2n) is 8.94. The predicted octanol–water partition coefficient (Wildman–Crippen LogP) is 3.80. The summed E-state index contributed by atoms with van der Waals surface area (Å²) in [4.78, 5) is 44.1. The normalized spacial score (nSPS) is 13.7. The lowest BCUT2D eigenvalue weighted by atomic mass is 10.1. The van der Waals surface area contributed by atoms with Crippen molar-refractivity contribution in [1.29, 1.82) is 0 Å². The first kappa shape index (κ1) is 27.4.